The number of nitrogens with one attached hydrogen (secondary N) is 2. The van der Waals surface area contributed by atoms with E-state index in [4.69, 9.17) is 23.2 Å². The summed E-state index contributed by atoms with van der Waals surface area (Å²) in [6, 6.07) is 14.3. The van der Waals surface area contributed by atoms with Crippen molar-refractivity contribution in [2.45, 2.75) is 4.21 Å². The SMILES string of the molecule is O=C(NN=Cc1c(Cl)cccc1Cl)c1ccccc1NS(=O)(=O)c1cccs1. The van der Waals surface area contributed by atoms with Crippen molar-refractivity contribution in [3.05, 3.63) is 81.1 Å². The van der Waals surface area contributed by atoms with Gasteiger partial charge in [-0.05, 0) is 35.7 Å². The van der Waals surface area contributed by atoms with Crippen molar-refractivity contribution < 1.29 is 13.2 Å². The number of para-hydroxylation sites is 1. The third-order valence-electron chi connectivity index (χ3n) is 3.54. The number of carbonyl (C=O) groups is 1. The second kappa shape index (κ2) is 8.74. The molecular weight excluding hydrogens is 441 g/mol. The molecule has 0 radical (unpaired) electrons. The molecule has 0 unspecified atom stereocenters. The van der Waals surface area contributed by atoms with Gasteiger partial charge in [0.2, 0.25) is 0 Å². The van der Waals surface area contributed by atoms with Gasteiger partial charge >= 0.3 is 0 Å². The van der Waals surface area contributed by atoms with E-state index in [1.807, 2.05) is 0 Å². The normalized spacial score (nSPS) is 11.5. The molecule has 0 atom stereocenters. The maximum Gasteiger partial charge on any atom is 0.273 e. The first-order valence-corrected chi connectivity index (χ1v) is 10.9. The molecule has 1 heterocycles. The number of halogens is 2. The molecular formula is C18H13Cl2N3O3S2. The molecule has 6 nitrogen and oxygen atoms in total. The van der Waals surface area contributed by atoms with Crippen LogP contribution in [0.15, 0.2) is 69.3 Å². The van der Waals surface area contributed by atoms with Gasteiger partial charge in [-0.25, -0.2) is 13.8 Å². The maximum atomic E-state index is 12.5. The summed E-state index contributed by atoms with van der Waals surface area (Å²) in [5.74, 6) is -0.594. The van der Waals surface area contributed by atoms with Gasteiger partial charge in [-0.2, -0.15) is 5.10 Å². The molecule has 1 amide bonds. The third kappa shape index (κ3) is 4.71. The number of benzene rings is 2. The van der Waals surface area contributed by atoms with Crippen molar-refractivity contribution in [2.24, 2.45) is 5.10 Å². The highest BCUT2D eigenvalue weighted by Crippen LogP contribution is 2.23. The Morgan fingerprint density at radius 2 is 1.71 bits per heavy atom. The van der Waals surface area contributed by atoms with Gasteiger partial charge in [0, 0.05) is 5.56 Å². The summed E-state index contributed by atoms with van der Waals surface area (Å²) in [6.45, 7) is 0. The van der Waals surface area contributed by atoms with Gasteiger partial charge in [-0.3, -0.25) is 9.52 Å². The Morgan fingerprint density at radius 3 is 2.39 bits per heavy atom. The number of anilines is 1. The first kappa shape index (κ1) is 20.3. The van der Waals surface area contributed by atoms with E-state index >= 15 is 0 Å². The second-order valence-corrected chi connectivity index (χ2v) is 9.09. The van der Waals surface area contributed by atoms with E-state index in [1.54, 1.807) is 41.8 Å². The second-order valence-electron chi connectivity index (χ2n) is 5.42. The zero-order valence-electron chi connectivity index (χ0n) is 14.1. The summed E-state index contributed by atoms with van der Waals surface area (Å²) in [4.78, 5) is 12.5. The van der Waals surface area contributed by atoms with E-state index in [0.717, 1.165) is 11.3 Å². The smallest absolute Gasteiger partial charge is 0.273 e. The highest BCUT2D eigenvalue weighted by molar-refractivity contribution is 7.94. The standard InChI is InChI=1S/C18H13Cl2N3O3S2/c19-14-6-3-7-15(20)13(14)11-21-22-18(24)12-5-1-2-8-16(12)23-28(25,26)17-9-4-10-27-17/h1-11,23H,(H,22,24). The van der Waals surface area contributed by atoms with E-state index in [0.29, 0.717) is 15.6 Å². The average molecular weight is 454 g/mol. The predicted octanol–water partition coefficient (Wildman–Crippen LogP) is 4.62. The number of amides is 1. The fourth-order valence-electron chi connectivity index (χ4n) is 2.23. The fraction of sp³-hybridized carbons (Fsp3) is 0. The molecule has 2 aromatic carbocycles. The van der Waals surface area contributed by atoms with Crippen LogP contribution in [0.5, 0.6) is 0 Å². The summed E-state index contributed by atoms with van der Waals surface area (Å²) in [6.07, 6.45) is 1.32. The number of thiophene rings is 1. The van der Waals surface area contributed by atoms with Crippen LogP contribution in [0.25, 0.3) is 0 Å². The van der Waals surface area contributed by atoms with Crippen LogP contribution in [-0.2, 0) is 10.0 Å². The summed E-state index contributed by atoms with van der Waals surface area (Å²) in [5.41, 5.74) is 3.05. The minimum Gasteiger partial charge on any atom is -0.278 e. The Kier molecular flexibility index (Phi) is 6.35. The molecule has 0 aliphatic rings. The fourth-order valence-corrected chi connectivity index (χ4v) is 4.80. The summed E-state index contributed by atoms with van der Waals surface area (Å²) >= 11 is 13.2. The molecule has 0 spiro atoms. The van der Waals surface area contributed by atoms with E-state index in [-0.39, 0.29) is 15.5 Å². The lowest BCUT2D eigenvalue weighted by Crippen LogP contribution is -2.21. The minimum atomic E-state index is -3.79. The van der Waals surface area contributed by atoms with Crippen molar-refractivity contribution in [3.63, 3.8) is 0 Å². The lowest BCUT2D eigenvalue weighted by Gasteiger charge is -2.10. The highest BCUT2D eigenvalue weighted by atomic mass is 35.5. The molecule has 10 heteroatoms. The Bertz CT molecular complexity index is 1110. The first-order valence-electron chi connectivity index (χ1n) is 7.81. The topological polar surface area (TPSA) is 87.6 Å². The Hall–Kier alpha value is -2.39. The van der Waals surface area contributed by atoms with Gasteiger partial charge < -0.3 is 0 Å². The van der Waals surface area contributed by atoms with Crippen LogP contribution in [0.4, 0.5) is 5.69 Å². The van der Waals surface area contributed by atoms with E-state index in [9.17, 15) is 13.2 Å². The highest BCUT2D eigenvalue weighted by Gasteiger charge is 2.19. The maximum absolute atomic E-state index is 12.5. The predicted molar refractivity (Wildman–Crippen MR) is 113 cm³/mol. The van der Waals surface area contributed by atoms with Crippen LogP contribution >= 0.6 is 34.5 Å². The van der Waals surface area contributed by atoms with Gasteiger partial charge in [-0.15, -0.1) is 11.3 Å². The lowest BCUT2D eigenvalue weighted by molar-refractivity contribution is 0.0956. The number of hydrogen-bond donors (Lipinski definition) is 2. The van der Waals surface area contributed by atoms with Crippen LogP contribution in [0.3, 0.4) is 0 Å². The van der Waals surface area contributed by atoms with Gasteiger partial charge in [0.25, 0.3) is 15.9 Å². The summed E-state index contributed by atoms with van der Waals surface area (Å²) in [5, 5.41) is 6.28. The molecule has 144 valence electrons. The number of rotatable bonds is 6. The first-order chi connectivity index (χ1) is 13.4. The molecule has 28 heavy (non-hydrogen) atoms. The van der Waals surface area contributed by atoms with E-state index in [1.165, 1.54) is 24.4 Å². The molecule has 0 fully saturated rings. The van der Waals surface area contributed by atoms with Crippen molar-refractivity contribution in [1.29, 1.82) is 0 Å². The van der Waals surface area contributed by atoms with Crippen LogP contribution in [0, 0.1) is 0 Å². The number of nitrogens with zero attached hydrogens (tertiary/aromatic N) is 1. The van der Waals surface area contributed by atoms with Crippen LogP contribution in [0.2, 0.25) is 10.0 Å². The van der Waals surface area contributed by atoms with Crippen LogP contribution in [0.1, 0.15) is 15.9 Å². The number of hydrazone groups is 1. The van der Waals surface area contributed by atoms with Crippen LogP contribution < -0.4 is 10.1 Å². The average Bonchev–Trinajstić information content (AvgIpc) is 3.20. The Labute approximate surface area is 175 Å². The minimum absolute atomic E-state index is 0.116. The van der Waals surface area contributed by atoms with E-state index in [2.05, 4.69) is 15.2 Å². The lowest BCUT2D eigenvalue weighted by atomic mass is 10.2. The molecule has 3 rings (SSSR count). The largest absolute Gasteiger partial charge is 0.278 e. The number of carbonyl (C=O) groups excluding carboxylic acids is 1. The Morgan fingerprint density at radius 1 is 1.00 bits per heavy atom. The van der Waals surface area contributed by atoms with E-state index < -0.39 is 15.9 Å². The van der Waals surface area contributed by atoms with Gasteiger partial charge in [0.05, 0.1) is 27.5 Å². The Balaban J connectivity index is 1.79. The van der Waals surface area contributed by atoms with Crippen LogP contribution in [-0.4, -0.2) is 20.5 Å². The van der Waals surface area contributed by atoms with Gasteiger partial charge in [-0.1, -0.05) is 47.5 Å². The third-order valence-corrected chi connectivity index (χ3v) is 6.96. The quantitative estimate of drug-likeness (QED) is 0.421. The summed E-state index contributed by atoms with van der Waals surface area (Å²) < 4.78 is 27.4. The molecule has 2 N–H and O–H groups in total. The zero-order valence-corrected chi connectivity index (χ0v) is 17.2. The molecule has 0 saturated carbocycles. The van der Waals surface area contributed by atoms with Gasteiger partial charge in [0.1, 0.15) is 4.21 Å². The molecule has 3 aromatic rings. The molecule has 0 aliphatic heterocycles. The monoisotopic (exact) mass is 453 g/mol. The molecule has 0 bridgehead atoms. The van der Waals surface area contributed by atoms with Crippen molar-refractivity contribution in [1.82, 2.24) is 5.43 Å². The zero-order chi connectivity index (χ0) is 20.1. The van der Waals surface area contributed by atoms with Crippen molar-refractivity contribution >= 4 is 62.4 Å². The van der Waals surface area contributed by atoms with Crippen molar-refractivity contribution in [2.75, 3.05) is 4.72 Å². The number of sulfonamides is 1. The summed E-state index contributed by atoms with van der Waals surface area (Å²) in [7, 11) is -3.79. The molecule has 1 aromatic heterocycles. The number of hydrogen-bond acceptors (Lipinski definition) is 5. The molecule has 0 aliphatic carbocycles. The van der Waals surface area contributed by atoms with Crippen molar-refractivity contribution in [3.8, 4) is 0 Å². The molecule has 0 saturated heterocycles. The van der Waals surface area contributed by atoms with Gasteiger partial charge in [0.15, 0.2) is 0 Å².